The van der Waals surface area contributed by atoms with Crippen LogP contribution in [0.3, 0.4) is 0 Å². The fraction of sp³-hybridized carbons (Fsp3) is 0.833. The molecule has 0 heterocycles. The molecule has 0 aromatic rings. The first-order chi connectivity index (χ1) is 16.8. The zero-order valence-electron chi connectivity index (χ0n) is 21.5. The van der Waals surface area contributed by atoms with Crippen LogP contribution >= 0.6 is 0 Å². The van der Waals surface area contributed by atoms with E-state index >= 15 is 0 Å². The van der Waals surface area contributed by atoms with Gasteiger partial charge in [0.05, 0.1) is 26.4 Å². The molecule has 0 aromatic heterocycles. The zero-order valence-corrected chi connectivity index (χ0v) is 21.5. The molecule has 0 saturated heterocycles. The Labute approximate surface area is 208 Å². The van der Waals surface area contributed by atoms with E-state index < -0.39 is 36.5 Å². The molecule has 0 bridgehead atoms. The summed E-state index contributed by atoms with van der Waals surface area (Å²) in [6, 6.07) is 0. The molecule has 0 spiro atoms. The maximum absolute atomic E-state index is 11.8. The molecule has 204 valence electrons. The summed E-state index contributed by atoms with van der Waals surface area (Å²) in [5, 5.41) is 0. The molecule has 0 aliphatic heterocycles. The molecule has 11 heteroatoms. The van der Waals surface area contributed by atoms with E-state index in [4.69, 9.17) is 33.2 Å². The van der Waals surface area contributed by atoms with Crippen LogP contribution in [0.25, 0.3) is 0 Å². The molecule has 0 amide bonds. The highest BCUT2D eigenvalue weighted by Crippen LogP contribution is 2.03. The standard InChI is InChI=1S/C24H42O11/c1-5-7-9-11-13-32-23(27)34-19(3)21(25)30-17-15-29-16-18-31-22(26)20(4)35-24(28)33-14-12-10-8-6-2/h19-20H,5-18H2,1-4H3. The first-order valence-electron chi connectivity index (χ1n) is 12.4. The van der Waals surface area contributed by atoms with Crippen LogP contribution in [0.5, 0.6) is 0 Å². The Balaban J connectivity index is 3.75. The topological polar surface area (TPSA) is 133 Å². The van der Waals surface area contributed by atoms with Crippen LogP contribution < -0.4 is 0 Å². The van der Waals surface area contributed by atoms with Gasteiger partial charge < -0.3 is 33.2 Å². The van der Waals surface area contributed by atoms with Crippen LogP contribution in [0.1, 0.15) is 79.1 Å². The van der Waals surface area contributed by atoms with Crippen LogP contribution in [0.15, 0.2) is 0 Å². The second-order valence-corrected chi connectivity index (χ2v) is 7.79. The molecule has 0 aromatic carbocycles. The zero-order chi connectivity index (χ0) is 26.3. The molecule has 2 atom stereocenters. The van der Waals surface area contributed by atoms with Gasteiger partial charge in [-0.3, -0.25) is 0 Å². The van der Waals surface area contributed by atoms with Gasteiger partial charge in [-0.05, 0) is 26.7 Å². The number of rotatable bonds is 20. The quantitative estimate of drug-likeness (QED) is 0.133. The third-order valence-electron chi connectivity index (χ3n) is 4.59. The Bertz CT molecular complexity index is 544. The van der Waals surface area contributed by atoms with Gasteiger partial charge in [-0.25, -0.2) is 19.2 Å². The highest BCUT2D eigenvalue weighted by Gasteiger charge is 2.21. The molecule has 0 rings (SSSR count). The van der Waals surface area contributed by atoms with E-state index in [-0.39, 0.29) is 39.6 Å². The molecule has 0 N–H and O–H groups in total. The second kappa shape index (κ2) is 21.9. The van der Waals surface area contributed by atoms with Gasteiger partial charge in [0, 0.05) is 0 Å². The number of carbonyl (C=O) groups excluding carboxylic acids is 4. The fourth-order valence-corrected chi connectivity index (χ4v) is 2.56. The Hall–Kier alpha value is -2.56. The number of hydrogen-bond acceptors (Lipinski definition) is 11. The molecular weight excluding hydrogens is 464 g/mol. The minimum absolute atomic E-state index is 0.0499. The van der Waals surface area contributed by atoms with Crippen molar-refractivity contribution in [2.75, 3.05) is 39.6 Å². The van der Waals surface area contributed by atoms with E-state index in [1.807, 2.05) is 0 Å². The van der Waals surface area contributed by atoms with Crippen LogP contribution in [0, 0.1) is 0 Å². The first-order valence-corrected chi connectivity index (χ1v) is 12.4. The minimum atomic E-state index is -1.11. The average Bonchev–Trinajstić information content (AvgIpc) is 2.82. The van der Waals surface area contributed by atoms with Crippen molar-refractivity contribution in [2.45, 2.75) is 91.3 Å². The number of ether oxygens (including phenoxy) is 7. The smallest absolute Gasteiger partial charge is 0.461 e. The van der Waals surface area contributed by atoms with Crippen molar-refractivity contribution in [1.29, 1.82) is 0 Å². The summed E-state index contributed by atoms with van der Waals surface area (Å²) in [6.45, 7) is 7.36. The molecular formula is C24H42O11. The Morgan fingerprint density at radius 1 is 0.514 bits per heavy atom. The lowest BCUT2D eigenvalue weighted by Crippen LogP contribution is -2.28. The van der Waals surface area contributed by atoms with E-state index in [0.717, 1.165) is 51.4 Å². The van der Waals surface area contributed by atoms with Gasteiger partial charge in [-0.15, -0.1) is 0 Å². The summed E-state index contributed by atoms with van der Waals surface area (Å²) in [6.07, 6.45) is 3.64. The molecule has 0 fully saturated rings. The van der Waals surface area contributed by atoms with Crippen molar-refractivity contribution >= 4 is 24.2 Å². The van der Waals surface area contributed by atoms with E-state index in [2.05, 4.69) is 13.8 Å². The Morgan fingerprint density at radius 2 is 0.914 bits per heavy atom. The van der Waals surface area contributed by atoms with Crippen molar-refractivity contribution in [2.24, 2.45) is 0 Å². The molecule has 2 unspecified atom stereocenters. The van der Waals surface area contributed by atoms with E-state index in [1.54, 1.807) is 0 Å². The van der Waals surface area contributed by atoms with Crippen LogP contribution in [0.2, 0.25) is 0 Å². The lowest BCUT2D eigenvalue weighted by Gasteiger charge is -2.14. The van der Waals surface area contributed by atoms with Gasteiger partial charge in [0.1, 0.15) is 13.2 Å². The predicted molar refractivity (Wildman–Crippen MR) is 125 cm³/mol. The SMILES string of the molecule is CCCCCCOC(=O)OC(C)C(=O)OCCOCCOC(=O)C(C)OC(=O)OCCCCCC. The minimum Gasteiger partial charge on any atom is -0.461 e. The fourth-order valence-electron chi connectivity index (χ4n) is 2.56. The number of carbonyl (C=O) groups is 4. The maximum Gasteiger partial charge on any atom is 0.509 e. The summed E-state index contributed by atoms with van der Waals surface area (Å²) >= 11 is 0. The molecule has 0 saturated carbocycles. The van der Waals surface area contributed by atoms with Crippen molar-refractivity contribution in [3.63, 3.8) is 0 Å². The van der Waals surface area contributed by atoms with Crippen molar-refractivity contribution < 1.29 is 52.3 Å². The van der Waals surface area contributed by atoms with Gasteiger partial charge >= 0.3 is 24.2 Å². The third-order valence-corrected chi connectivity index (χ3v) is 4.59. The summed E-state index contributed by atoms with van der Waals surface area (Å²) in [4.78, 5) is 46.7. The summed E-state index contributed by atoms with van der Waals surface area (Å²) < 4.78 is 34.6. The summed E-state index contributed by atoms with van der Waals surface area (Å²) in [5.41, 5.74) is 0. The van der Waals surface area contributed by atoms with Gasteiger partial charge in [-0.2, -0.15) is 0 Å². The van der Waals surface area contributed by atoms with Crippen molar-refractivity contribution in [3.8, 4) is 0 Å². The molecule has 11 nitrogen and oxygen atoms in total. The lowest BCUT2D eigenvalue weighted by molar-refractivity contribution is -0.157. The predicted octanol–water partition coefficient (Wildman–Crippen LogP) is 4.33. The van der Waals surface area contributed by atoms with Gasteiger partial charge in [0.15, 0.2) is 12.2 Å². The first kappa shape index (κ1) is 32.4. The summed E-state index contributed by atoms with van der Waals surface area (Å²) in [7, 11) is 0. The van der Waals surface area contributed by atoms with E-state index in [0.29, 0.717) is 0 Å². The van der Waals surface area contributed by atoms with Gasteiger partial charge in [0.25, 0.3) is 0 Å². The van der Waals surface area contributed by atoms with Crippen LogP contribution in [-0.4, -0.2) is 76.1 Å². The highest BCUT2D eigenvalue weighted by atomic mass is 16.7. The number of esters is 2. The second-order valence-electron chi connectivity index (χ2n) is 7.79. The maximum atomic E-state index is 11.8. The van der Waals surface area contributed by atoms with Gasteiger partial charge in [-0.1, -0.05) is 52.4 Å². The Kier molecular flexibility index (Phi) is 20.3. The third kappa shape index (κ3) is 19.4. The summed E-state index contributed by atoms with van der Waals surface area (Å²) in [5.74, 6) is -1.46. The molecule has 0 radical (unpaired) electrons. The largest absolute Gasteiger partial charge is 0.509 e. The van der Waals surface area contributed by atoms with Crippen LogP contribution in [-0.2, 0) is 42.7 Å². The Morgan fingerprint density at radius 3 is 1.29 bits per heavy atom. The van der Waals surface area contributed by atoms with Gasteiger partial charge in [0.2, 0.25) is 0 Å². The molecule has 0 aliphatic rings. The van der Waals surface area contributed by atoms with Crippen LogP contribution in [0.4, 0.5) is 9.59 Å². The number of hydrogen-bond donors (Lipinski definition) is 0. The average molecular weight is 507 g/mol. The van der Waals surface area contributed by atoms with Crippen molar-refractivity contribution in [3.05, 3.63) is 0 Å². The number of unbranched alkanes of at least 4 members (excludes halogenated alkanes) is 6. The highest BCUT2D eigenvalue weighted by molar-refractivity contribution is 5.77. The molecule has 0 aliphatic carbocycles. The van der Waals surface area contributed by atoms with Crippen molar-refractivity contribution in [1.82, 2.24) is 0 Å². The molecule has 35 heavy (non-hydrogen) atoms. The lowest BCUT2D eigenvalue weighted by atomic mass is 10.2. The normalized spacial score (nSPS) is 12.2. The van der Waals surface area contributed by atoms with E-state index in [9.17, 15) is 19.2 Å². The van der Waals surface area contributed by atoms with E-state index in [1.165, 1.54) is 13.8 Å². The monoisotopic (exact) mass is 506 g/mol.